The molecule has 2 atom stereocenters. The summed E-state index contributed by atoms with van der Waals surface area (Å²) in [6, 6.07) is 4.45. The third-order valence-electron chi connectivity index (χ3n) is 3.42. The van der Waals surface area contributed by atoms with E-state index in [1.165, 1.54) is 13.0 Å². The Morgan fingerprint density at radius 2 is 2.12 bits per heavy atom. The van der Waals surface area contributed by atoms with Gasteiger partial charge in [0.1, 0.15) is 6.10 Å². The average molecular weight is 338 g/mol. The maximum Gasteiger partial charge on any atom is 0.531 e. The van der Waals surface area contributed by atoms with Crippen molar-refractivity contribution in [3.05, 3.63) is 39.4 Å². The maximum absolute atomic E-state index is 12.0. The molecule has 1 aromatic rings. The molecule has 1 N–H and O–H groups in total. The molecule has 0 bridgehead atoms. The molecule has 0 spiro atoms. The predicted molar refractivity (Wildman–Crippen MR) is 76.7 cm³/mol. The fourth-order valence-electron chi connectivity index (χ4n) is 2.35. The van der Waals surface area contributed by atoms with Crippen molar-refractivity contribution in [3.63, 3.8) is 0 Å². The summed E-state index contributed by atoms with van der Waals surface area (Å²) in [5.41, 5.74) is 0.831. The zero-order valence-electron chi connectivity index (χ0n) is 12.8. The topological polar surface area (TPSA) is 136 Å². The van der Waals surface area contributed by atoms with E-state index < -0.39 is 41.5 Å². The number of imide groups is 1. The van der Waals surface area contributed by atoms with Crippen LogP contribution in [0.15, 0.2) is 18.2 Å². The molecule has 24 heavy (non-hydrogen) atoms. The smallest absolute Gasteiger partial charge is 0.448 e. The first-order valence-corrected chi connectivity index (χ1v) is 6.88. The van der Waals surface area contributed by atoms with Gasteiger partial charge in [0.25, 0.3) is 17.5 Å². The number of carbonyl (C=O) groups is 3. The highest BCUT2D eigenvalue weighted by atomic mass is 16.8. The number of rotatable bonds is 5. The van der Waals surface area contributed by atoms with Crippen molar-refractivity contribution < 1.29 is 34.0 Å². The summed E-state index contributed by atoms with van der Waals surface area (Å²) in [7, 11) is 0. The first-order chi connectivity index (χ1) is 11.2. The lowest BCUT2D eigenvalue weighted by Gasteiger charge is -2.18. The fraction of sp³-hybridized carbons (Fsp3) is 0.357. The van der Waals surface area contributed by atoms with E-state index in [1.807, 2.05) is 0 Å². The summed E-state index contributed by atoms with van der Waals surface area (Å²) in [5.74, 6) is -1.83. The van der Waals surface area contributed by atoms with E-state index in [-0.39, 0.29) is 16.3 Å². The minimum Gasteiger partial charge on any atom is -0.448 e. The quantitative estimate of drug-likeness (QED) is 0.487. The number of hydrogen-bond acceptors (Lipinski definition) is 7. The van der Waals surface area contributed by atoms with Crippen LogP contribution < -0.4 is 0 Å². The summed E-state index contributed by atoms with van der Waals surface area (Å²) >= 11 is 0. The van der Waals surface area contributed by atoms with Crippen LogP contribution in [0.3, 0.4) is 0 Å². The van der Waals surface area contributed by atoms with Gasteiger partial charge in [-0.3, -0.25) is 24.5 Å². The van der Waals surface area contributed by atoms with Crippen molar-refractivity contribution in [2.75, 3.05) is 0 Å². The first kappa shape index (κ1) is 17.3. The van der Waals surface area contributed by atoms with Crippen molar-refractivity contribution in [2.24, 2.45) is 0 Å². The SMILES string of the molecule is Cc1ccc([N+](=O)[O-])c(C(C)OC2CC(=O)N(OC(=O)O)C2=O)c1. The molecule has 2 unspecified atom stereocenters. The highest BCUT2D eigenvalue weighted by Gasteiger charge is 2.43. The summed E-state index contributed by atoms with van der Waals surface area (Å²) < 4.78 is 5.45. The second kappa shape index (κ2) is 6.62. The lowest BCUT2D eigenvalue weighted by Crippen LogP contribution is -2.35. The van der Waals surface area contributed by atoms with Gasteiger partial charge in [-0.25, -0.2) is 4.79 Å². The van der Waals surface area contributed by atoms with Crippen molar-refractivity contribution in [3.8, 4) is 0 Å². The molecular weight excluding hydrogens is 324 g/mol. The zero-order chi connectivity index (χ0) is 18.0. The number of amides is 2. The molecule has 0 saturated carbocycles. The van der Waals surface area contributed by atoms with Gasteiger partial charge in [0.2, 0.25) is 0 Å². The molecule has 0 radical (unpaired) electrons. The first-order valence-electron chi connectivity index (χ1n) is 6.88. The van der Waals surface area contributed by atoms with Crippen molar-refractivity contribution >= 4 is 23.7 Å². The van der Waals surface area contributed by atoms with Gasteiger partial charge in [0, 0.05) is 6.07 Å². The second-order valence-corrected chi connectivity index (χ2v) is 5.17. The van der Waals surface area contributed by atoms with E-state index in [0.717, 1.165) is 5.56 Å². The van der Waals surface area contributed by atoms with Gasteiger partial charge in [-0.15, -0.1) is 0 Å². The lowest BCUT2D eigenvalue weighted by molar-refractivity contribution is -0.386. The van der Waals surface area contributed by atoms with Crippen LogP contribution in [0.4, 0.5) is 10.5 Å². The Bertz CT molecular complexity index is 717. The van der Waals surface area contributed by atoms with Gasteiger partial charge in [-0.05, 0) is 19.9 Å². The molecule has 1 aliphatic rings. The molecule has 1 fully saturated rings. The number of carbonyl (C=O) groups excluding carboxylic acids is 2. The highest BCUT2D eigenvalue weighted by Crippen LogP contribution is 2.31. The number of nitrogens with zero attached hydrogens (tertiary/aromatic N) is 2. The van der Waals surface area contributed by atoms with E-state index in [2.05, 4.69) is 4.84 Å². The van der Waals surface area contributed by atoms with Crippen LogP contribution in [0.25, 0.3) is 0 Å². The fourth-order valence-corrected chi connectivity index (χ4v) is 2.35. The summed E-state index contributed by atoms with van der Waals surface area (Å²) in [5, 5.41) is 19.7. The molecular formula is C14H14N2O8. The number of nitro groups is 1. The molecule has 1 aromatic carbocycles. The minimum atomic E-state index is -1.81. The molecule has 10 heteroatoms. The standard InChI is InChI=1S/C14H14N2O8/c1-7-3-4-10(16(21)22)9(5-7)8(2)23-11-6-12(17)15(13(11)18)24-14(19)20/h3-5,8,11H,6H2,1-2H3,(H,19,20). The molecule has 1 heterocycles. The zero-order valence-corrected chi connectivity index (χ0v) is 12.8. The van der Waals surface area contributed by atoms with Crippen LogP contribution in [0.1, 0.15) is 30.6 Å². The largest absolute Gasteiger partial charge is 0.531 e. The Balaban J connectivity index is 2.19. The average Bonchev–Trinajstić information content (AvgIpc) is 2.74. The summed E-state index contributed by atoms with van der Waals surface area (Å²) in [6.45, 7) is 3.24. The number of ether oxygens (including phenoxy) is 1. The van der Waals surface area contributed by atoms with E-state index in [9.17, 15) is 24.5 Å². The van der Waals surface area contributed by atoms with E-state index in [0.29, 0.717) is 0 Å². The third kappa shape index (κ3) is 3.49. The van der Waals surface area contributed by atoms with Crippen LogP contribution in [0.2, 0.25) is 0 Å². The van der Waals surface area contributed by atoms with E-state index in [1.54, 1.807) is 19.1 Å². The summed E-state index contributed by atoms with van der Waals surface area (Å²) in [4.78, 5) is 48.7. The number of benzene rings is 1. The third-order valence-corrected chi connectivity index (χ3v) is 3.42. The van der Waals surface area contributed by atoms with E-state index in [4.69, 9.17) is 9.84 Å². The van der Waals surface area contributed by atoms with E-state index >= 15 is 0 Å². The van der Waals surface area contributed by atoms with Crippen molar-refractivity contribution in [1.29, 1.82) is 0 Å². The Morgan fingerprint density at radius 3 is 2.71 bits per heavy atom. The van der Waals surface area contributed by atoms with Crippen LogP contribution in [0, 0.1) is 17.0 Å². The van der Waals surface area contributed by atoms with Crippen LogP contribution >= 0.6 is 0 Å². The Morgan fingerprint density at radius 1 is 1.46 bits per heavy atom. The van der Waals surface area contributed by atoms with Crippen molar-refractivity contribution in [2.45, 2.75) is 32.5 Å². The second-order valence-electron chi connectivity index (χ2n) is 5.17. The highest BCUT2D eigenvalue weighted by molar-refractivity contribution is 6.04. The molecule has 1 saturated heterocycles. The Hall–Kier alpha value is -3.01. The predicted octanol–water partition coefficient (Wildman–Crippen LogP) is 1.72. The van der Waals surface area contributed by atoms with Gasteiger partial charge < -0.3 is 9.84 Å². The molecule has 1 aliphatic heterocycles. The molecule has 0 aliphatic carbocycles. The minimum absolute atomic E-state index is 0.115. The number of carboxylic acid groups (broad SMARTS) is 1. The summed E-state index contributed by atoms with van der Waals surface area (Å²) in [6.07, 6.45) is -4.35. The number of aryl methyl sites for hydroxylation is 1. The maximum atomic E-state index is 12.0. The monoisotopic (exact) mass is 338 g/mol. The van der Waals surface area contributed by atoms with Gasteiger partial charge in [-0.2, -0.15) is 0 Å². The van der Waals surface area contributed by atoms with Crippen LogP contribution in [0.5, 0.6) is 0 Å². The Kier molecular flexibility index (Phi) is 4.79. The number of hydroxylamine groups is 2. The molecule has 0 aromatic heterocycles. The molecule has 2 amide bonds. The Labute approximate surface area is 135 Å². The van der Waals surface area contributed by atoms with Crippen molar-refractivity contribution in [1.82, 2.24) is 5.06 Å². The number of nitro benzene ring substituents is 1. The molecule has 128 valence electrons. The van der Waals surface area contributed by atoms with Crippen LogP contribution in [-0.2, 0) is 19.2 Å². The van der Waals surface area contributed by atoms with Crippen LogP contribution in [-0.4, -0.2) is 39.2 Å². The lowest BCUT2D eigenvalue weighted by atomic mass is 10.0. The molecule has 10 nitrogen and oxygen atoms in total. The number of hydrogen-bond donors (Lipinski definition) is 1. The van der Waals surface area contributed by atoms with Gasteiger partial charge in [0.05, 0.1) is 23.0 Å². The van der Waals surface area contributed by atoms with Gasteiger partial charge in [-0.1, -0.05) is 16.7 Å². The van der Waals surface area contributed by atoms with Gasteiger partial charge in [0.15, 0.2) is 0 Å². The van der Waals surface area contributed by atoms with Gasteiger partial charge >= 0.3 is 6.16 Å². The normalized spacial score (nSPS) is 18.6. The molecule has 2 rings (SSSR count).